The van der Waals surface area contributed by atoms with E-state index in [1.807, 2.05) is 43.3 Å². The van der Waals surface area contributed by atoms with Crippen LogP contribution in [0.15, 0.2) is 53.8 Å². The number of amides is 1. The van der Waals surface area contributed by atoms with Gasteiger partial charge in [-0.25, -0.2) is 5.43 Å². The molecular formula is C15H16N4O. The number of benzene rings is 1. The summed E-state index contributed by atoms with van der Waals surface area (Å²) in [5.74, 6) is -0.210. The molecule has 2 N–H and O–H groups in total. The SMILES string of the molecule is Cc1ccc(NCC(=O)N/N=C\c2ccccn2)cc1. The molecule has 20 heavy (non-hydrogen) atoms. The van der Waals surface area contributed by atoms with E-state index in [1.165, 1.54) is 11.8 Å². The minimum absolute atomic E-state index is 0.169. The van der Waals surface area contributed by atoms with Crippen molar-refractivity contribution in [1.82, 2.24) is 10.4 Å². The van der Waals surface area contributed by atoms with Crippen LogP contribution in [0.5, 0.6) is 0 Å². The largest absolute Gasteiger partial charge is 0.376 e. The van der Waals surface area contributed by atoms with Crippen molar-refractivity contribution in [2.75, 3.05) is 11.9 Å². The Kier molecular flexibility index (Phi) is 4.83. The number of carbonyl (C=O) groups is 1. The first-order valence-electron chi connectivity index (χ1n) is 6.27. The van der Waals surface area contributed by atoms with Crippen LogP contribution in [0.1, 0.15) is 11.3 Å². The van der Waals surface area contributed by atoms with Crippen molar-refractivity contribution in [3.05, 3.63) is 59.9 Å². The average Bonchev–Trinajstić information content (AvgIpc) is 2.48. The molecule has 0 unspecified atom stereocenters. The molecular weight excluding hydrogens is 252 g/mol. The smallest absolute Gasteiger partial charge is 0.259 e. The first kappa shape index (κ1) is 13.7. The molecule has 1 heterocycles. The molecule has 0 atom stereocenters. The molecule has 1 amide bonds. The van der Waals surface area contributed by atoms with Crippen LogP contribution in [-0.2, 0) is 4.79 Å². The number of rotatable bonds is 5. The van der Waals surface area contributed by atoms with Crippen molar-refractivity contribution in [3.8, 4) is 0 Å². The monoisotopic (exact) mass is 268 g/mol. The number of hydrogen-bond acceptors (Lipinski definition) is 4. The summed E-state index contributed by atoms with van der Waals surface area (Å²) in [4.78, 5) is 15.6. The molecule has 2 aromatic rings. The second kappa shape index (κ2) is 7.04. The fourth-order valence-corrected chi connectivity index (χ4v) is 1.52. The predicted molar refractivity (Wildman–Crippen MR) is 79.6 cm³/mol. The first-order valence-corrected chi connectivity index (χ1v) is 6.27. The zero-order valence-electron chi connectivity index (χ0n) is 11.2. The van der Waals surface area contributed by atoms with Gasteiger partial charge in [0.2, 0.25) is 0 Å². The van der Waals surface area contributed by atoms with Gasteiger partial charge in [-0.3, -0.25) is 9.78 Å². The summed E-state index contributed by atoms with van der Waals surface area (Å²) in [6, 6.07) is 13.3. The van der Waals surface area contributed by atoms with Crippen molar-refractivity contribution in [2.45, 2.75) is 6.92 Å². The molecule has 0 saturated carbocycles. The van der Waals surface area contributed by atoms with Crippen LogP contribution >= 0.6 is 0 Å². The van der Waals surface area contributed by atoms with Gasteiger partial charge in [0.15, 0.2) is 0 Å². The van der Waals surface area contributed by atoms with Gasteiger partial charge >= 0.3 is 0 Å². The van der Waals surface area contributed by atoms with Crippen molar-refractivity contribution in [1.29, 1.82) is 0 Å². The van der Waals surface area contributed by atoms with Gasteiger partial charge in [-0.05, 0) is 31.2 Å². The normalized spacial score (nSPS) is 10.4. The number of nitrogens with one attached hydrogen (secondary N) is 2. The minimum atomic E-state index is -0.210. The fourth-order valence-electron chi connectivity index (χ4n) is 1.52. The molecule has 0 aliphatic heterocycles. The Morgan fingerprint density at radius 3 is 2.75 bits per heavy atom. The lowest BCUT2D eigenvalue weighted by Gasteiger charge is -2.05. The summed E-state index contributed by atoms with van der Waals surface area (Å²) < 4.78 is 0. The van der Waals surface area contributed by atoms with Gasteiger partial charge in [0.25, 0.3) is 5.91 Å². The fraction of sp³-hybridized carbons (Fsp3) is 0.133. The van der Waals surface area contributed by atoms with E-state index in [0.29, 0.717) is 5.69 Å². The maximum atomic E-state index is 11.6. The Hall–Kier alpha value is -2.69. The van der Waals surface area contributed by atoms with E-state index in [2.05, 4.69) is 20.8 Å². The Morgan fingerprint density at radius 2 is 2.05 bits per heavy atom. The van der Waals surface area contributed by atoms with E-state index >= 15 is 0 Å². The molecule has 0 bridgehead atoms. The van der Waals surface area contributed by atoms with Crippen molar-refractivity contribution in [3.63, 3.8) is 0 Å². The minimum Gasteiger partial charge on any atom is -0.376 e. The standard InChI is InChI=1S/C15H16N4O/c1-12-5-7-13(8-6-12)17-11-15(20)19-18-10-14-4-2-3-9-16-14/h2-10,17H,11H2,1H3,(H,19,20)/b18-10-. The van der Waals surface area contributed by atoms with Gasteiger partial charge in [-0.2, -0.15) is 5.10 Å². The molecule has 102 valence electrons. The molecule has 0 aliphatic rings. The molecule has 5 heteroatoms. The maximum absolute atomic E-state index is 11.6. The van der Waals surface area contributed by atoms with Crippen LogP contribution in [0.25, 0.3) is 0 Å². The van der Waals surface area contributed by atoms with Gasteiger partial charge in [0.05, 0.1) is 18.5 Å². The third-order valence-electron chi connectivity index (χ3n) is 2.58. The Labute approximate surface area is 117 Å². The highest BCUT2D eigenvalue weighted by molar-refractivity contribution is 5.83. The highest BCUT2D eigenvalue weighted by Gasteiger charge is 1.99. The molecule has 0 aliphatic carbocycles. The lowest BCUT2D eigenvalue weighted by Crippen LogP contribution is -2.25. The molecule has 0 saturated heterocycles. The Morgan fingerprint density at radius 1 is 1.25 bits per heavy atom. The highest BCUT2D eigenvalue weighted by Crippen LogP contribution is 2.07. The zero-order chi connectivity index (χ0) is 14.2. The van der Waals surface area contributed by atoms with E-state index < -0.39 is 0 Å². The van der Waals surface area contributed by atoms with Crippen LogP contribution in [0.4, 0.5) is 5.69 Å². The van der Waals surface area contributed by atoms with Gasteiger partial charge in [-0.15, -0.1) is 0 Å². The number of nitrogens with zero attached hydrogens (tertiary/aromatic N) is 2. The van der Waals surface area contributed by atoms with Gasteiger partial charge < -0.3 is 5.32 Å². The number of carbonyl (C=O) groups excluding carboxylic acids is 1. The van der Waals surface area contributed by atoms with Gasteiger partial charge in [0, 0.05) is 11.9 Å². The average molecular weight is 268 g/mol. The summed E-state index contributed by atoms with van der Waals surface area (Å²) in [5, 5.41) is 6.86. The second-order valence-corrected chi connectivity index (χ2v) is 4.27. The number of aromatic nitrogens is 1. The highest BCUT2D eigenvalue weighted by atomic mass is 16.2. The second-order valence-electron chi connectivity index (χ2n) is 4.27. The third kappa shape index (κ3) is 4.53. The lowest BCUT2D eigenvalue weighted by atomic mass is 10.2. The van der Waals surface area contributed by atoms with E-state index in [-0.39, 0.29) is 12.5 Å². The summed E-state index contributed by atoms with van der Waals surface area (Å²) in [6.45, 7) is 2.19. The summed E-state index contributed by atoms with van der Waals surface area (Å²) in [5.41, 5.74) is 5.22. The molecule has 1 aromatic heterocycles. The van der Waals surface area contributed by atoms with Crippen molar-refractivity contribution < 1.29 is 4.79 Å². The van der Waals surface area contributed by atoms with Gasteiger partial charge in [-0.1, -0.05) is 23.8 Å². The molecule has 0 radical (unpaired) electrons. The molecule has 0 fully saturated rings. The number of aryl methyl sites for hydroxylation is 1. The summed E-state index contributed by atoms with van der Waals surface area (Å²) >= 11 is 0. The first-order chi connectivity index (χ1) is 9.74. The summed E-state index contributed by atoms with van der Waals surface area (Å²) in [7, 11) is 0. The topological polar surface area (TPSA) is 66.4 Å². The number of hydrogen-bond donors (Lipinski definition) is 2. The number of pyridine rings is 1. The molecule has 2 rings (SSSR count). The lowest BCUT2D eigenvalue weighted by molar-refractivity contribution is -0.119. The van der Waals surface area contributed by atoms with Crippen molar-refractivity contribution >= 4 is 17.8 Å². The number of hydrazone groups is 1. The Bertz CT molecular complexity index is 579. The number of anilines is 1. The van der Waals surface area contributed by atoms with Crippen LogP contribution < -0.4 is 10.7 Å². The Balaban J connectivity index is 1.76. The predicted octanol–water partition coefficient (Wildman–Crippen LogP) is 1.95. The maximum Gasteiger partial charge on any atom is 0.259 e. The summed E-state index contributed by atoms with van der Waals surface area (Å²) in [6.07, 6.45) is 3.17. The quantitative estimate of drug-likeness (QED) is 0.643. The molecule has 1 aromatic carbocycles. The van der Waals surface area contributed by atoms with E-state index in [9.17, 15) is 4.79 Å². The van der Waals surface area contributed by atoms with E-state index in [1.54, 1.807) is 12.3 Å². The molecule has 0 spiro atoms. The van der Waals surface area contributed by atoms with Gasteiger partial charge in [0.1, 0.15) is 0 Å². The van der Waals surface area contributed by atoms with Crippen LogP contribution in [0.3, 0.4) is 0 Å². The van der Waals surface area contributed by atoms with Crippen LogP contribution in [-0.4, -0.2) is 23.7 Å². The van der Waals surface area contributed by atoms with Crippen molar-refractivity contribution in [2.24, 2.45) is 5.10 Å². The van der Waals surface area contributed by atoms with Crippen LogP contribution in [0.2, 0.25) is 0 Å². The van der Waals surface area contributed by atoms with E-state index in [4.69, 9.17) is 0 Å². The van der Waals surface area contributed by atoms with Crippen LogP contribution in [0, 0.1) is 6.92 Å². The van der Waals surface area contributed by atoms with E-state index in [0.717, 1.165) is 5.69 Å². The third-order valence-corrected chi connectivity index (χ3v) is 2.58. The zero-order valence-corrected chi connectivity index (χ0v) is 11.2. The molecule has 5 nitrogen and oxygen atoms in total.